The lowest BCUT2D eigenvalue weighted by Gasteiger charge is -2.38. The van der Waals surface area contributed by atoms with Crippen molar-refractivity contribution in [2.45, 2.75) is 32.5 Å². The fourth-order valence-electron chi connectivity index (χ4n) is 3.62. The highest BCUT2D eigenvalue weighted by atomic mass is 16.5. The molecule has 3 aromatic rings. The summed E-state index contributed by atoms with van der Waals surface area (Å²) < 4.78 is 16.9. The fraction of sp³-hybridized carbons (Fsp3) is 0.476. The van der Waals surface area contributed by atoms with Crippen molar-refractivity contribution in [1.82, 2.24) is 20.2 Å². The van der Waals surface area contributed by atoms with Crippen LogP contribution in [0.15, 0.2) is 30.6 Å². The Hall–Kier alpha value is -2.71. The largest absolute Gasteiger partial charge is 0.488 e. The van der Waals surface area contributed by atoms with E-state index in [9.17, 15) is 0 Å². The Morgan fingerprint density at radius 3 is 2.93 bits per heavy atom. The highest BCUT2D eigenvalue weighted by molar-refractivity contribution is 5.93. The van der Waals surface area contributed by atoms with Crippen molar-refractivity contribution in [3.63, 3.8) is 0 Å². The summed E-state index contributed by atoms with van der Waals surface area (Å²) in [6, 6.07) is 7.86. The molecule has 1 atom stereocenters. The molecule has 0 bridgehead atoms. The summed E-state index contributed by atoms with van der Waals surface area (Å²) >= 11 is 0. The van der Waals surface area contributed by atoms with Gasteiger partial charge in [0.25, 0.3) is 0 Å². The molecule has 0 radical (unpaired) electrons. The lowest BCUT2D eigenvalue weighted by atomic mass is 10.1. The summed E-state index contributed by atoms with van der Waals surface area (Å²) in [4.78, 5) is 11.2. The maximum Gasteiger partial charge on any atom is 0.132 e. The van der Waals surface area contributed by atoms with Gasteiger partial charge < -0.3 is 19.1 Å². The molecule has 0 unspecified atom stereocenters. The number of morpholine rings is 1. The van der Waals surface area contributed by atoms with Gasteiger partial charge in [-0.05, 0) is 39.0 Å². The molecule has 0 aliphatic carbocycles. The molecule has 1 aromatic carbocycles. The summed E-state index contributed by atoms with van der Waals surface area (Å²) in [5.41, 5.74) is 2.28. The number of rotatable bonds is 6. The first-order chi connectivity index (χ1) is 13.9. The Morgan fingerprint density at radius 1 is 1.28 bits per heavy atom. The molecule has 1 aliphatic rings. The van der Waals surface area contributed by atoms with Gasteiger partial charge in [-0.25, -0.2) is 9.97 Å². The number of benzene rings is 1. The molecule has 4 rings (SSSR count). The Bertz CT molecular complexity index is 987. The first kappa shape index (κ1) is 19.6. The van der Waals surface area contributed by atoms with Gasteiger partial charge in [0.1, 0.15) is 29.7 Å². The number of fused-ring (bicyclic) bond motifs is 1. The molecular weight excluding hydrogens is 370 g/mol. The van der Waals surface area contributed by atoms with Crippen molar-refractivity contribution >= 4 is 16.7 Å². The number of hydrogen-bond acceptors (Lipinski definition) is 7. The van der Waals surface area contributed by atoms with Crippen molar-refractivity contribution in [3.05, 3.63) is 30.6 Å². The Morgan fingerprint density at radius 2 is 2.14 bits per heavy atom. The van der Waals surface area contributed by atoms with Crippen LogP contribution in [0.25, 0.3) is 22.3 Å². The van der Waals surface area contributed by atoms with Crippen molar-refractivity contribution in [2.75, 3.05) is 38.3 Å². The summed E-state index contributed by atoms with van der Waals surface area (Å²) in [5, 5.41) is 8.54. The van der Waals surface area contributed by atoms with Crippen LogP contribution in [0.3, 0.4) is 0 Å². The number of methoxy groups -OCH3 is 1. The molecule has 8 nitrogen and oxygen atoms in total. The van der Waals surface area contributed by atoms with Crippen LogP contribution < -0.4 is 9.64 Å². The molecule has 0 saturated carbocycles. The minimum absolute atomic E-state index is 0.0388. The average Bonchev–Trinajstić information content (AvgIpc) is 3.11. The van der Waals surface area contributed by atoms with Gasteiger partial charge in [0.15, 0.2) is 0 Å². The smallest absolute Gasteiger partial charge is 0.132 e. The summed E-state index contributed by atoms with van der Waals surface area (Å²) in [5.74, 6) is 1.65. The average molecular weight is 397 g/mol. The molecule has 154 valence electrons. The molecule has 29 heavy (non-hydrogen) atoms. The van der Waals surface area contributed by atoms with Crippen molar-refractivity contribution in [1.29, 1.82) is 0 Å². The molecule has 0 amide bonds. The Kier molecular flexibility index (Phi) is 5.38. The Balaban J connectivity index is 1.64. The molecule has 2 aromatic heterocycles. The highest BCUT2D eigenvalue weighted by Crippen LogP contribution is 2.30. The van der Waals surface area contributed by atoms with Crippen LogP contribution in [0.2, 0.25) is 0 Å². The topological polar surface area (TPSA) is 85.4 Å². The molecule has 1 N–H and O–H groups in total. The van der Waals surface area contributed by atoms with E-state index in [-0.39, 0.29) is 11.7 Å². The van der Waals surface area contributed by atoms with E-state index in [1.54, 1.807) is 13.4 Å². The van der Waals surface area contributed by atoms with Crippen LogP contribution in [0, 0.1) is 0 Å². The first-order valence-electron chi connectivity index (χ1n) is 9.80. The third kappa shape index (κ3) is 4.33. The quantitative estimate of drug-likeness (QED) is 0.684. The SMILES string of the molecule is COC[C@H](C)Oc1ccc2[nH]nc(-c3cc(N4CCOC(C)(C)C4)ncn3)c2c1. The monoisotopic (exact) mass is 397 g/mol. The number of aromatic nitrogens is 4. The van der Waals surface area contributed by atoms with Crippen LogP contribution in [-0.4, -0.2) is 65.3 Å². The number of aromatic amines is 1. The number of anilines is 1. The van der Waals surface area contributed by atoms with Gasteiger partial charge in [-0.15, -0.1) is 0 Å². The van der Waals surface area contributed by atoms with Gasteiger partial charge in [0.05, 0.1) is 30.0 Å². The second kappa shape index (κ2) is 7.96. The summed E-state index contributed by atoms with van der Waals surface area (Å²) in [7, 11) is 1.67. The van der Waals surface area contributed by atoms with E-state index in [0.717, 1.165) is 46.9 Å². The maximum absolute atomic E-state index is 5.94. The minimum Gasteiger partial charge on any atom is -0.488 e. The molecule has 1 saturated heterocycles. The van der Waals surface area contributed by atoms with Crippen LogP contribution in [-0.2, 0) is 9.47 Å². The second-order valence-electron chi connectivity index (χ2n) is 7.95. The van der Waals surface area contributed by atoms with Gasteiger partial charge in [-0.3, -0.25) is 5.10 Å². The second-order valence-corrected chi connectivity index (χ2v) is 7.95. The van der Waals surface area contributed by atoms with Crippen molar-refractivity contribution in [2.24, 2.45) is 0 Å². The lowest BCUT2D eigenvalue weighted by molar-refractivity contribution is -0.0279. The van der Waals surface area contributed by atoms with E-state index < -0.39 is 0 Å². The van der Waals surface area contributed by atoms with Gasteiger partial charge in [0.2, 0.25) is 0 Å². The van der Waals surface area contributed by atoms with Gasteiger partial charge >= 0.3 is 0 Å². The molecule has 8 heteroatoms. The van der Waals surface area contributed by atoms with Gasteiger partial charge in [-0.2, -0.15) is 5.10 Å². The lowest BCUT2D eigenvalue weighted by Crippen LogP contribution is -2.48. The number of hydrogen-bond donors (Lipinski definition) is 1. The number of H-pyrrole nitrogens is 1. The number of nitrogens with one attached hydrogen (secondary N) is 1. The van der Waals surface area contributed by atoms with Crippen LogP contribution >= 0.6 is 0 Å². The van der Waals surface area contributed by atoms with Crippen LogP contribution in [0.5, 0.6) is 5.75 Å². The van der Waals surface area contributed by atoms with Gasteiger partial charge in [0, 0.05) is 31.7 Å². The van der Waals surface area contributed by atoms with E-state index in [4.69, 9.17) is 14.2 Å². The van der Waals surface area contributed by atoms with Crippen LogP contribution in [0.4, 0.5) is 5.82 Å². The summed E-state index contributed by atoms with van der Waals surface area (Å²) in [6.07, 6.45) is 1.55. The zero-order valence-corrected chi connectivity index (χ0v) is 17.3. The van der Waals surface area contributed by atoms with E-state index >= 15 is 0 Å². The highest BCUT2D eigenvalue weighted by Gasteiger charge is 2.28. The predicted octanol–water partition coefficient (Wildman–Crippen LogP) is 3.05. The Labute approximate surface area is 170 Å². The zero-order valence-electron chi connectivity index (χ0n) is 17.3. The number of ether oxygens (including phenoxy) is 3. The summed E-state index contributed by atoms with van der Waals surface area (Å²) in [6.45, 7) is 8.95. The van der Waals surface area contributed by atoms with E-state index in [2.05, 4.69) is 38.9 Å². The maximum atomic E-state index is 5.94. The molecular formula is C21H27N5O3. The molecule has 3 heterocycles. The predicted molar refractivity (Wildman–Crippen MR) is 111 cm³/mol. The zero-order chi connectivity index (χ0) is 20.4. The van der Waals surface area contributed by atoms with Crippen LogP contribution in [0.1, 0.15) is 20.8 Å². The molecule has 0 spiro atoms. The third-order valence-corrected chi connectivity index (χ3v) is 4.92. The van der Waals surface area contributed by atoms with Crippen molar-refractivity contribution < 1.29 is 14.2 Å². The minimum atomic E-state index is -0.201. The molecule has 1 aliphatic heterocycles. The molecule has 1 fully saturated rings. The normalized spacial score (nSPS) is 17.4. The van der Waals surface area contributed by atoms with E-state index in [1.165, 1.54) is 0 Å². The van der Waals surface area contributed by atoms with E-state index in [1.807, 2.05) is 31.2 Å². The first-order valence-corrected chi connectivity index (χ1v) is 9.80. The van der Waals surface area contributed by atoms with E-state index in [0.29, 0.717) is 13.2 Å². The number of nitrogens with zero attached hydrogens (tertiary/aromatic N) is 4. The third-order valence-electron chi connectivity index (χ3n) is 4.92. The fourth-order valence-corrected chi connectivity index (χ4v) is 3.62. The standard InChI is InChI=1S/C21H27N5O3/c1-14(11-27-4)29-15-5-6-17-16(9-15)20(25-24-17)18-10-19(23-13-22-18)26-7-8-28-21(2,3)12-26/h5-6,9-10,13-14H,7-8,11-12H2,1-4H3,(H,24,25)/t14-/m0/s1. The van der Waals surface area contributed by atoms with Crippen molar-refractivity contribution in [3.8, 4) is 17.1 Å². The van der Waals surface area contributed by atoms with Gasteiger partial charge in [-0.1, -0.05) is 0 Å².